The highest BCUT2D eigenvalue weighted by molar-refractivity contribution is 7.92. The second-order valence-electron chi connectivity index (χ2n) is 10.4. The van der Waals surface area contributed by atoms with Gasteiger partial charge in [0.2, 0.25) is 11.8 Å². The summed E-state index contributed by atoms with van der Waals surface area (Å²) in [6.07, 6.45) is 0.155. The fourth-order valence-corrected chi connectivity index (χ4v) is 6.42. The molecule has 7 nitrogen and oxygen atoms in total. The Hall–Kier alpha value is -4.50. The largest absolute Gasteiger partial charge is 0.355 e. The molecule has 0 bridgehead atoms. The van der Waals surface area contributed by atoms with Crippen LogP contribution in [0, 0.1) is 19.7 Å². The molecule has 1 N–H and O–H groups in total. The lowest BCUT2D eigenvalue weighted by Crippen LogP contribution is -2.53. The van der Waals surface area contributed by atoms with Crippen molar-refractivity contribution in [3.63, 3.8) is 0 Å². The van der Waals surface area contributed by atoms with Gasteiger partial charge in [0.1, 0.15) is 18.4 Å². The van der Waals surface area contributed by atoms with Crippen LogP contribution in [-0.2, 0) is 32.6 Å². The van der Waals surface area contributed by atoms with Gasteiger partial charge in [0, 0.05) is 25.1 Å². The molecule has 43 heavy (non-hydrogen) atoms. The molecule has 224 valence electrons. The molecule has 9 heteroatoms. The molecular weight excluding hydrogens is 565 g/mol. The highest BCUT2D eigenvalue weighted by Gasteiger charge is 2.35. The zero-order valence-electron chi connectivity index (χ0n) is 24.5. The first-order chi connectivity index (χ1) is 20.6. The lowest BCUT2D eigenvalue weighted by Gasteiger charge is -2.34. The van der Waals surface area contributed by atoms with Crippen molar-refractivity contribution in [2.24, 2.45) is 0 Å². The van der Waals surface area contributed by atoms with Gasteiger partial charge in [-0.2, -0.15) is 0 Å². The van der Waals surface area contributed by atoms with Crippen LogP contribution in [0.4, 0.5) is 10.1 Å². The lowest BCUT2D eigenvalue weighted by atomic mass is 10.0. The van der Waals surface area contributed by atoms with E-state index >= 15 is 0 Å². The van der Waals surface area contributed by atoms with E-state index in [4.69, 9.17) is 0 Å². The third kappa shape index (κ3) is 7.87. The summed E-state index contributed by atoms with van der Waals surface area (Å²) >= 11 is 0. The van der Waals surface area contributed by atoms with E-state index in [1.807, 2.05) is 50.2 Å². The Kier molecular flexibility index (Phi) is 10.3. The number of benzene rings is 4. The minimum atomic E-state index is -4.20. The van der Waals surface area contributed by atoms with Crippen LogP contribution >= 0.6 is 0 Å². The monoisotopic (exact) mass is 601 g/mol. The number of carbonyl (C=O) groups is 2. The van der Waals surface area contributed by atoms with E-state index in [1.165, 1.54) is 23.1 Å². The van der Waals surface area contributed by atoms with Crippen molar-refractivity contribution in [1.29, 1.82) is 0 Å². The van der Waals surface area contributed by atoms with Crippen LogP contribution in [0.5, 0.6) is 0 Å². The van der Waals surface area contributed by atoms with Gasteiger partial charge in [0.05, 0.1) is 10.6 Å². The molecule has 0 unspecified atom stereocenters. The summed E-state index contributed by atoms with van der Waals surface area (Å²) in [7, 11) is -4.20. The Morgan fingerprint density at radius 2 is 1.42 bits per heavy atom. The van der Waals surface area contributed by atoms with Gasteiger partial charge in [0.25, 0.3) is 10.0 Å². The molecule has 4 aromatic carbocycles. The summed E-state index contributed by atoms with van der Waals surface area (Å²) in [4.78, 5) is 29.2. The molecule has 0 spiro atoms. The minimum absolute atomic E-state index is 0.0205. The second-order valence-corrected chi connectivity index (χ2v) is 12.2. The van der Waals surface area contributed by atoms with Crippen LogP contribution in [0.15, 0.2) is 108 Å². The molecule has 0 aliphatic rings. The number of amides is 2. The standard InChI is InChI=1S/C34H36FN3O4S/c1-4-36-34(40)32(22-27-13-7-5-8-14-27)37(23-28-15-11-12-18-31(28)35)33(39)24-38(29-20-25(2)19-26(3)21-29)43(41,42)30-16-9-6-10-17-30/h5-21,32H,4,22-24H2,1-3H3,(H,36,40)/t32-/m0/s1. The number of hydrogen-bond acceptors (Lipinski definition) is 4. The van der Waals surface area contributed by atoms with Crippen molar-refractivity contribution < 1.29 is 22.4 Å². The lowest BCUT2D eigenvalue weighted by molar-refractivity contribution is -0.140. The molecule has 0 radical (unpaired) electrons. The molecule has 2 amide bonds. The van der Waals surface area contributed by atoms with E-state index in [0.29, 0.717) is 12.2 Å². The van der Waals surface area contributed by atoms with Gasteiger partial charge in [-0.25, -0.2) is 12.8 Å². The second kappa shape index (κ2) is 14.1. The minimum Gasteiger partial charge on any atom is -0.355 e. The number of aryl methyl sites for hydroxylation is 2. The predicted octanol–water partition coefficient (Wildman–Crippen LogP) is 5.41. The summed E-state index contributed by atoms with van der Waals surface area (Å²) in [5.41, 5.74) is 2.97. The van der Waals surface area contributed by atoms with Gasteiger partial charge in [-0.1, -0.05) is 72.8 Å². The molecule has 0 saturated heterocycles. The van der Waals surface area contributed by atoms with Gasteiger partial charge in [-0.05, 0) is 67.8 Å². The van der Waals surface area contributed by atoms with Gasteiger partial charge in [-0.15, -0.1) is 0 Å². The number of likely N-dealkylation sites (N-methyl/N-ethyl adjacent to an activating group) is 1. The van der Waals surface area contributed by atoms with Crippen LogP contribution in [0.2, 0.25) is 0 Å². The van der Waals surface area contributed by atoms with E-state index < -0.39 is 40.2 Å². The molecule has 0 aromatic heterocycles. The SMILES string of the molecule is CCNC(=O)[C@H](Cc1ccccc1)N(Cc1ccccc1F)C(=O)CN(c1cc(C)cc(C)c1)S(=O)(=O)c1ccccc1. The molecule has 0 aliphatic heterocycles. The summed E-state index contributed by atoms with van der Waals surface area (Å²) in [5.74, 6) is -1.59. The van der Waals surface area contributed by atoms with Crippen molar-refractivity contribution in [2.75, 3.05) is 17.4 Å². The number of halogens is 1. The van der Waals surface area contributed by atoms with Crippen molar-refractivity contribution >= 4 is 27.5 Å². The quantitative estimate of drug-likeness (QED) is 0.235. The molecule has 4 aromatic rings. The van der Waals surface area contributed by atoms with E-state index in [2.05, 4.69) is 5.32 Å². The van der Waals surface area contributed by atoms with E-state index in [0.717, 1.165) is 21.0 Å². The third-order valence-electron chi connectivity index (χ3n) is 7.03. The zero-order chi connectivity index (χ0) is 31.0. The Bertz CT molecular complexity index is 1640. The molecule has 1 atom stereocenters. The number of anilines is 1. The fraction of sp³-hybridized carbons (Fsp3) is 0.235. The van der Waals surface area contributed by atoms with Crippen LogP contribution in [0.1, 0.15) is 29.2 Å². The van der Waals surface area contributed by atoms with Crippen LogP contribution in [0.25, 0.3) is 0 Å². The third-order valence-corrected chi connectivity index (χ3v) is 8.81. The van der Waals surface area contributed by atoms with Crippen molar-refractivity contribution in [3.05, 3.63) is 131 Å². The Balaban J connectivity index is 1.82. The van der Waals surface area contributed by atoms with E-state index in [-0.39, 0.29) is 23.4 Å². The van der Waals surface area contributed by atoms with Gasteiger partial charge < -0.3 is 10.2 Å². The maximum atomic E-state index is 14.9. The fourth-order valence-electron chi connectivity index (χ4n) is 5.00. The Labute approximate surface area is 253 Å². The van der Waals surface area contributed by atoms with E-state index in [9.17, 15) is 22.4 Å². The number of rotatable bonds is 12. The molecule has 0 heterocycles. The number of nitrogens with one attached hydrogen (secondary N) is 1. The Morgan fingerprint density at radius 1 is 0.837 bits per heavy atom. The molecule has 0 saturated carbocycles. The van der Waals surface area contributed by atoms with Crippen LogP contribution in [-0.4, -0.2) is 44.3 Å². The number of nitrogens with zero attached hydrogens (tertiary/aromatic N) is 2. The number of carbonyl (C=O) groups excluding carboxylic acids is 2. The maximum Gasteiger partial charge on any atom is 0.264 e. The van der Waals surface area contributed by atoms with E-state index in [1.54, 1.807) is 55.5 Å². The van der Waals surface area contributed by atoms with Crippen molar-refractivity contribution in [2.45, 2.75) is 44.7 Å². The molecule has 0 aliphatic carbocycles. The number of sulfonamides is 1. The van der Waals surface area contributed by atoms with Gasteiger partial charge in [0.15, 0.2) is 0 Å². The first-order valence-electron chi connectivity index (χ1n) is 14.1. The average Bonchev–Trinajstić information content (AvgIpc) is 2.99. The normalized spacial score (nSPS) is 11.9. The molecular formula is C34H36FN3O4S. The predicted molar refractivity (Wildman–Crippen MR) is 166 cm³/mol. The maximum absolute atomic E-state index is 14.9. The topological polar surface area (TPSA) is 86.8 Å². The molecule has 4 rings (SSSR count). The number of hydrogen-bond donors (Lipinski definition) is 1. The first kappa shape index (κ1) is 31.4. The Morgan fingerprint density at radius 3 is 2.02 bits per heavy atom. The highest BCUT2D eigenvalue weighted by atomic mass is 32.2. The summed E-state index contributed by atoms with van der Waals surface area (Å²) in [6, 6.07) is 27.4. The average molecular weight is 602 g/mol. The summed E-state index contributed by atoms with van der Waals surface area (Å²) in [6.45, 7) is 4.96. The van der Waals surface area contributed by atoms with Crippen LogP contribution < -0.4 is 9.62 Å². The smallest absolute Gasteiger partial charge is 0.264 e. The van der Waals surface area contributed by atoms with Gasteiger partial charge in [-0.3, -0.25) is 13.9 Å². The zero-order valence-corrected chi connectivity index (χ0v) is 25.4. The molecule has 0 fully saturated rings. The first-order valence-corrected chi connectivity index (χ1v) is 15.5. The highest BCUT2D eigenvalue weighted by Crippen LogP contribution is 2.27. The summed E-state index contributed by atoms with van der Waals surface area (Å²) in [5, 5.41) is 2.80. The van der Waals surface area contributed by atoms with Crippen molar-refractivity contribution in [3.8, 4) is 0 Å². The van der Waals surface area contributed by atoms with Gasteiger partial charge >= 0.3 is 0 Å². The van der Waals surface area contributed by atoms with Crippen LogP contribution in [0.3, 0.4) is 0 Å². The van der Waals surface area contributed by atoms with Crippen molar-refractivity contribution in [1.82, 2.24) is 10.2 Å². The summed E-state index contributed by atoms with van der Waals surface area (Å²) < 4.78 is 44.1.